The molecule has 62 heavy (non-hydrogen) atoms. The monoisotopic (exact) mass is 886 g/mol. The topological polar surface area (TPSA) is 250 Å². The van der Waals surface area contributed by atoms with Crippen molar-refractivity contribution in [3.8, 4) is 0 Å². The van der Waals surface area contributed by atoms with Crippen LogP contribution in [0.25, 0.3) is 0 Å². The lowest BCUT2D eigenvalue weighted by molar-refractivity contribution is -0.145. The number of amides is 3. The Labute approximate surface area is 369 Å². The van der Waals surface area contributed by atoms with E-state index in [1.165, 1.54) is 19.8 Å². The SMILES string of the molecule is CC[C@@H](C)C(=O)C[C@@H](CCCCNC(=O)CC[C@H](CC(=O)COCCOCCNC(=O)COCCOCCNC(=O)CCCCCCCCCCCCC(=O)O)C(=O)O)C(C)=O. The minimum absolute atomic E-state index is 0.00232. The number of carbonyl (C=O) groups excluding carboxylic acids is 6. The zero-order valence-corrected chi connectivity index (χ0v) is 37.9. The summed E-state index contributed by atoms with van der Waals surface area (Å²) >= 11 is 0. The number of Topliss-reactive ketones (excluding diaryl/α,β-unsaturated/α-hetero) is 3. The number of ether oxygens (including phenoxy) is 4. The Hall–Kier alpha value is -3.80. The van der Waals surface area contributed by atoms with Crippen LogP contribution in [0.3, 0.4) is 0 Å². The maximum Gasteiger partial charge on any atom is 0.306 e. The minimum Gasteiger partial charge on any atom is -0.481 e. The summed E-state index contributed by atoms with van der Waals surface area (Å²) in [5.74, 6) is -4.29. The fourth-order valence-corrected chi connectivity index (χ4v) is 6.34. The molecule has 358 valence electrons. The highest BCUT2D eigenvalue weighted by Gasteiger charge is 2.23. The smallest absolute Gasteiger partial charge is 0.306 e. The first kappa shape index (κ1) is 58.2. The largest absolute Gasteiger partial charge is 0.481 e. The van der Waals surface area contributed by atoms with Crippen molar-refractivity contribution in [3.63, 3.8) is 0 Å². The maximum absolute atomic E-state index is 12.3. The number of carboxylic acids is 2. The zero-order chi connectivity index (χ0) is 46.2. The molecule has 5 N–H and O–H groups in total. The molecule has 0 aromatic rings. The zero-order valence-electron chi connectivity index (χ0n) is 37.9. The summed E-state index contributed by atoms with van der Waals surface area (Å²) in [6.07, 6.45) is 13.7. The summed E-state index contributed by atoms with van der Waals surface area (Å²) in [4.78, 5) is 94.9. The average molecular weight is 886 g/mol. The normalized spacial score (nSPS) is 12.6. The molecule has 0 heterocycles. The van der Waals surface area contributed by atoms with E-state index in [0.717, 1.165) is 57.8 Å². The highest BCUT2D eigenvalue weighted by Crippen LogP contribution is 2.19. The van der Waals surface area contributed by atoms with Crippen molar-refractivity contribution in [2.24, 2.45) is 17.8 Å². The molecule has 0 bridgehead atoms. The van der Waals surface area contributed by atoms with Gasteiger partial charge in [0.15, 0.2) is 5.78 Å². The molecule has 17 heteroatoms. The van der Waals surface area contributed by atoms with Gasteiger partial charge in [0.25, 0.3) is 0 Å². The lowest BCUT2D eigenvalue weighted by atomic mass is 9.88. The van der Waals surface area contributed by atoms with Gasteiger partial charge in [-0.2, -0.15) is 0 Å². The van der Waals surface area contributed by atoms with E-state index >= 15 is 0 Å². The molecule has 0 saturated heterocycles. The van der Waals surface area contributed by atoms with Crippen molar-refractivity contribution < 1.29 is 67.5 Å². The van der Waals surface area contributed by atoms with Gasteiger partial charge in [0.05, 0.1) is 45.6 Å². The first-order valence-electron chi connectivity index (χ1n) is 22.9. The average Bonchev–Trinajstić information content (AvgIpc) is 3.23. The van der Waals surface area contributed by atoms with Crippen LogP contribution in [-0.2, 0) is 57.3 Å². The molecule has 0 fully saturated rings. The van der Waals surface area contributed by atoms with Gasteiger partial charge in [0.2, 0.25) is 17.7 Å². The van der Waals surface area contributed by atoms with E-state index in [-0.39, 0.29) is 126 Å². The van der Waals surface area contributed by atoms with E-state index in [0.29, 0.717) is 45.4 Å². The Morgan fingerprint density at radius 2 is 1.00 bits per heavy atom. The van der Waals surface area contributed by atoms with Gasteiger partial charge in [-0.15, -0.1) is 0 Å². The molecule has 0 aliphatic heterocycles. The summed E-state index contributed by atoms with van der Waals surface area (Å²) in [5, 5.41) is 26.4. The second-order valence-electron chi connectivity index (χ2n) is 15.9. The number of hydrogen-bond donors (Lipinski definition) is 5. The van der Waals surface area contributed by atoms with Gasteiger partial charge in [-0.1, -0.05) is 71.6 Å². The summed E-state index contributed by atoms with van der Waals surface area (Å²) < 4.78 is 21.4. The lowest BCUT2D eigenvalue weighted by Gasteiger charge is -2.15. The van der Waals surface area contributed by atoms with Gasteiger partial charge < -0.3 is 45.1 Å². The van der Waals surface area contributed by atoms with Gasteiger partial charge >= 0.3 is 11.9 Å². The van der Waals surface area contributed by atoms with Crippen molar-refractivity contribution >= 4 is 47.0 Å². The van der Waals surface area contributed by atoms with Crippen LogP contribution in [0.15, 0.2) is 0 Å². The number of nitrogens with one attached hydrogen (secondary N) is 3. The molecular formula is C45H79N3O14. The van der Waals surface area contributed by atoms with E-state index in [1.807, 2.05) is 13.8 Å². The van der Waals surface area contributed by atoms with E-state index in [1.54, 1.807) is 0 Å². The van der Waals surface area contributed by atoms with Crippen LogP contribution in [0, 0.1) is 17.8 Å². The number of hydrogen-bond acceptors (Lipinski definition) is 12. The molecule has 0 saturated carbocycles. The third-order valence-electron chi connectivity index (χ3n) is 10.5. The van der Waals surface area contributed by atoms with E-state index < -0.39 is 23.6 Å². The Morgan fingerprint density at radius 1 is 0.500 bits per heavy atom. The Kier molecular flexibility index (Phi) is 37.6. The second kappa shape index (κ2) is 40.0. The number of carbonyl (C=O) groups is 8. The highest BCUT2D eigenvalue weighted by atomic mass is 16.5. The van der Waals surface area contributed by atoms with Gasteiger partial charge in [-0.3, -0.25) is 38.4 Å². The summed E-state index contributed by atoms with van der Waals surface area (Å²) in [6.45, 7) is 7.17. The summed E-state index contributed by atoms with van der Waals surface area (Å²) in [7, 11) is 0. The molecule has 0 aromatic heterocycles. The molecule has 0 aliphatic rings. The highest BCUT2D eigenvalue weighted by molar-refractivity contribution is 5.88. The molecule has 0 spiro atoms. The summed E-state index contributed by atoms with van der Waals surface area (Å²) in [5.41, 5.74) is 0. The molecule has 0 aromatic carbocycles. The molecule has 0 aliphatic carbocycles. The van der Waals surface area contributed by atoms with Crippen LogP contribution in [0.1, 0.15) is 149 Å². The van der Waals surface area contributed by atoms with Gasteiger partial charge in [0, 0.05) is 63.6 Å². The number of rotatable bonds is 45. The maximum atomic E-state index is 12.3. The number of aliphatic carboxylic acids is 2. The number of ketones is 3. The van der Waals surface area contributed by atoms with Crippen LogP contribution in [0.2, 0.25) is 0 Å². The van der Waals surface area contributed by atoms with Gasteiger partial charge in [0.1, 0.15) is 24.8 Å². The van der Waals surface area contributed by atoms with E-state index in [9.17, 15) is 43.5 Å². The van der Waals surface area contributed by atoms with Crippen molar-refractivity contribution in [2.45, 2.75) is 149 Å². The quantitative estimate of drug-likeness (QED) is 0.0506. The minimum atomic E-state index is -1.17. The third-order valence-corrected chi connectivity index (χ3v) is 10.5. The van der Waals surface area contributed by atoms with E-state index in [2.05, 4.69) is 16.0 Å². The molecule has 0 unspecified atom stereocenters. The summed E-state index contributed by atoms with van der Waals surface area (Å²) in [6, 6.07) is 0. The third kappa shape index (κ3) is 36.8. The number of carboxylic acid groups (broad SMARTS) is 2. The number of unbranched alkanes of at least 4 members (excludes halogenated alkanes) is 10. The second-order valence-corrected chi connectivity index (χ2v) is 15.9. The van der Waals surface area contributed by atoms with Crippen molar-refractivity contribution in [1.82, 2.24) is 16.0 Å². The van der Waals surface area contributed by atoms with Gasteiger partial charge in [-0.05, 0) is 45.4 Å². The Bertz CT molecular complexity index is 1280. The molecule has 3 amide bonds. The van der Waals surface area contributed by atoms with Crippen LogP contribution >= 0.6 is 0 Å². The fourth-order valence-electron chi connectivity index (χ4n) is 6.34. The van der Waals surface area contributed by atoms with Crippen LogP contribution in [0.4, 0.5) is 0 Å². The lowest BCUT2D eigenvalue weighted by Crippen LogP contribution is -2.31. The fraction of sp³-hybridized carbons (Fsp3) is 0.822. The molecule has 17 nitrogen and oxygen atoms in total. The van der Waals surface area contributed by atoms with Crippen molar-refractivity contribution in [3.05, 3.63) is 0 Å². The first-order chi connectivity index (χ1) is 29.8. The molecular weight excluding hydrogens is 807 g/mol. The Balaban J connectivity index is 3.75. The first-order valence-corrected chi connectivity index (χ1v) is 22.9. The van der Waals surface area contributed by atoms with Crippen LogP contribution in [0.5, 0.6) is 0 Å². The van der Waals surface area contributed by atoms with Crippen molar-refractivity contribution in [2.75, 3.05) is 72.5 Å². The molecule has 0 rings (SSSR count). The standard InChI is InChI=1S/C45H79N3O14/c1-4-35(2)40(51)32-37(36(3)49)17-15-16-22-46-42(53)21-20-38(45(57)58)31-39(50)33-61-29-27-60-26-24-48-43(54)34-62-30-28-59-25-23-47-41(52)18-13-11-9-7-5-6-8-10-12-14-19-44(55)56/h35,37-38H,4-34H2,1-3H3,(H,46,53)(H,47,52)(H,48,54)(H,55,56)(H,57,58)/t35-,37-,38-/m1/s1. The Morgan fingerprint density at radius 3 is 1.55 bits per heavy atom. The van der Waals surface area contributed by atoms with Crippen molar-refractivity contribution in [1.29, 1.82) is 0 Å². The predicted molar refractivity (Wildman–Crippen MR) is 232 cm³/mol. The van der Waals surface area contributed by atoms with Crippen LogP contribution in [-0.4, -0.2) is 130 Å². The van der Waals surface area contributed by atoms with Crippen LogP contribution < -0.4 is 16.0 Å². The molecule has 0 radical (unpaired) electrons. The van der Waals surface area contributed by atoms with E-state index in [4.69, 9.17) is 24.1 Å². The predicted octanol–water partition coefficient (Wildman–Crippen LogP) is 4.99. The molecule has 3 atom stereocenters. The van der Waals surface area contributed by atoms with Gasteiger partial charge in [-0.25, -0.2) is 0 Å².